The van der Waals surface area contributed by atoms with Crippen LogP contribution in [-0.2, 0) is 9.53 Å². The second kappa shape index (κ2) is 7.45. The molecule has 5 heteroatoms. The van der Waals surface area contributed by atoms with Crippen LogP contribution in [0, 0.1) is 5.92 Å². The molecule has 2 rings (SSSR count). The van der Waals surface area contributed by atoms with Crippen molar-refractivity contribution < 1.29 is 19.4 Å². The first-order chi connectivity index (χ1) is 9.65. The molecule has 20 heavy (non-hydrogen) atoms. The van der Waals surface area contributed by atoms with Crippen LogP contribution in [0.25, 0.3) is 6.08 Å². The largest absolute Gasteiger partial charge is 0.492 e. The number of ether oxygens (including phenoxy) is 2. The molecule has 0 amide bonds. The lowest BCUT2D eigenvalue weighted by molar-refractivity contribution is -0.131. The molecule has 0 saturated carbocycles. The predicted molar refractivity (Wildman–Crippen MR) is 79.8 cm³/mol. The van der Waals surface area contributed by atoms with E-state index in [1.165, 1.54) is 0 Å². The monoisotopic (exact) mass is 340 g/mol. The maximum atomic E-state index is 10.5. The molecule has 1 aromatic rings. The number of halogens is 1. The molecule has 1 aromatic carbocycles. The summed E-state index contributed by atoms with van der Waals surface area (Å²) in [6.07, 6.45) is 4.74. The Bertz CT molecular complexity index is 493. The van der Waals surface area contributed by atoms with Gasteiger partial charge in [0, 0.05) is 19.3 Å². The van der Waals surface area contributed by atoms with Gasteiger partial charge in [-0.25, -0.2) is 4.79 Å². The van der Waals surface area contributed by atoms with Gasteiger partial charge < -0.3 is 14.6 Å². The maximum Gasteiger partial charge on any atom is 0.328 e. The van der Waals surface area contributed by atoms with Gasteiger partial charge in [0.25, 0.3) is 0 Å². The van der Waals surface area contributed by atoms with E-state index < -0.39 is 5.97 Å². The minimum Gasteiger partial charge on any atom is -0.492 e. The van der Waals surface area contributed by atoms with E-state index in [1.807, 2.05) is 18.2 Å². The van der Waals surface area contributed by atoms with Crippen molar-refractivity contribution in [2.75, 3.05) is 19.8 Å². The summed E-state index contributed by atoms with van der Waals surface area (Å²) in [6.45, 7) is 2.31. The molecule has 1 heterocycles. The van der Waals surface area contributed by atoms with Crippen molar-refractivity contribution in [3.05, 3.63) is 34.3 Å². The Balaban J connectivity index is 1.93. The maximum absolute atomic E-state index is 10.5. The van der Waals surface area contributed by atoms with Crippen molar-refractivity contribution in [2.24, 2.45) is 5.92 Å². The molecule has 1 aliphatic rings. The highest BCUT2D eigenvalue weighted by atomic mass is 79.9. The summed E-state index contributed by atoms with van der Waals surface area (Å²) < 4.78 is 12.0. The van der Waals surface area contributed by atoms with E-state index in [0.29, 0.717) is 12.5 Å². The van der Waals surface area contributed by atoms with Crippen molar-refractivity contribution in [3.63, 3.8) is 0 Å². The fourth-order valence-electron chi connectivity index (χ4n) is 2.03. The highest BCUT2D eigenvalue weighted by molar-refractivity contribution is 9.10. The second-order valence-electron chi connectivity index (χ2n) is 4.73. The molecule has 0 aliphatic carbocycles. The van der Waals surface area contributed by atoms with Gasteiger partial charge in [0.2, 0.25) is 0 Å². The number of benzene rings is 1. The van der Waals surface area contributed by atoms with Gasteiger partial charge in [-0.15, -0.1) is 0 Å². The summed E-state index contributed by atoms with van der Waals surface area (Å²) in [5.41, 5.74) is 0.817. The third kappa shape index (κ3) is 4.65. The minimum absolute atomic E-state index is 0.544. The highest BCUT2D eigenvalue weighted by Crippen LogP contribution is 2.28. The van der Waals surface area contributed by atoms with Gasteiger partial charge in [-0.1, -0.05) is 6.07 Å². The number of rotatable bonds is 5. The zero-order valence-electron chi connectivity index (χ0n) is 11.0. The summed E-state index contributed by atoms with van der Waals surface area (Å²) in [6, 6.07) is 5.53. The van der Waals surface area contributed by atoms with Crippen LogP contribution in [0.5, 0.6) is 5.75 Å². The van der Waals surface area contributed by atoms with E-state index in [9.17, 15) is 4.79 Å². The minimum atomic E-state index is -0.957. The van der Waals surface area contributed by atoms with Gasteiger partial charge in [-0.05, 0) is 58.5 Å². The first kappa shape index (κ1) is 15.1. The second-order valence-corrected chi connectivity index (χ2v) is 5.58. The fourth-order valence-corrected chi connectivity index (χ4v) is 2.54. The Kier molecular flexibility index (Phi) is 5.61. The lowest BCUT2D eigenvalue weighted by Gasteiger charge is -2.22. The zero-order chi connectivity index (χ0) is 14.4. The number of hydrogen-bond acceptors (Lipinski definition) is 3. The lowest BCUT2D eigenvalue weighted by atomic mass is 10.0. The van der Waals surface area contributed by atoms with E-state index in [1.54, 1.807) is 6.08 Å². The topological polar surface area (TPSA) is 55.8 Å². The molecular formula is C15H17BrO4. The Morgan fingerprint density at radius 1 is 1.45 bits per heavy atom. The molecule has 0 unspecified atom stereocenters. The third-order valence-electron chi connectivity index (χ3n) is 3.19. The number of carboxylic acid groups (broad SMARTS) is 1. The summed E-state index contributed by atoms with van der Waals surface area (Å²) in [5, 5.41) is 8.59. The molecule has 1 fully saturated rings. The summed E-state index contributed by atoms with van der Waals surface area (Å²) in [5.74, 6) is 0.368. The SMILES string of the molecule is O=C(O)C=Cc1ccc(OCC2CCOCC2)c(Br)c1. The Morgan fingerprint density at radius 2 is 2.20 bits per heavy atom. The first-order valence-corrected chi connectivity index (χ1v) is 7.35. The molecule has 0 bridgehead atoms. The van der Waals surface area contributed by atoms with Gasteiger partial charge in [-0.3, -0.25) is 0 Å². The van der Waals surface area contributed by atoms with Crippen LogP contribution in [0.2, 0.25) is 0 Å². The van der Waals surface area contributed by atoms with Crippen molar-refractivity contribution in [2.45, 2.75) is 12.8 Å². The number of carboxylic acids is 1. The number of aliphatic carboxylic acids is 1. The molecule has 1 N–H and O–H groups in total. The van der Waals surface area contributed by atoms with Crippen LogP contribution < -0.4 is 4.74 Å². The fraction of sp³-hybridized carbons (Fsp3) is 0.400. The molecule has 0 atom stereocenters. The molecule has 0 aromatic heterocycles. The highest BCUT2D eigenvalue weighted by Gasteiger charge is 2.15. The number of hydrogen-bond donors (Lipinski definition) is 1. The summed E-state index contributed by atoms with van der Waals surface area (Å²) >= 11 is 3.45. The molecular weight excluding hydrogens is 324 g/mol. The van der Waals surface area contributed by atoms with Crippen molar-refractivity contribution in [1.82, 2.24) is 0 Å². The van der Waals surface area contributed by atoms with E-state index in [2.05, 4.69) is 15.9 Å². The summed E-state index contributed by atoms with van der Waals surface area (Å²) in [4.78, 5) is 10.5. The van der Waals surface area contributed by atoms with Crippen molar-refractivity contribution in [3.8, 4) is 5.75 Å². The molecule has 0 radical (unpaired) electrons. The van der Waals surface area contributed by atoms with Crippen LogP contribution in [0.1, 0.15) is 18.4 Å². The van der Waals surface area contributed by atoms with E-state index in [0.717, 1.165) is 47.9 Å². The van der Waals surface area contributed by atoms with E-state index in [-0.39, 0.29) is 0 Å². The average Bonchev–Trinajstić information content (AvgIpc) is 2.45. The van der Waals surface area contributed by atoms with E-state index in [4.69, 9.17) is 14.6 Å². The third-order valence-corrected chi connectivity index (χ3v) is 3.81. The lowest BCUT2D eigenvalue weighted by Crippen LogP contribution is -2.21. The standard InChI is InChI=1S/C15H17BrO4/c16-13-9-11(2-4-15(17)18)1-3-14(13)20-10-12-5-7-19-8-6-12/h1-4,9,12H,5-8,10H2,(H,17,18). The molecule has 1 aliphatic heterocycles. The van der Waals surface area contributed by atoms with Crippen molar-refractivity contribution >= 4 is 28.0 Å². The van der Waals surface area contributed by atoms with Crippen LogP contribution in [-0.4, -0.2) is 30.9 Å². The van der Waals surface area contributed by atoms with Crippen LogP contribution in [0.15, 0.2) is 28.7 Å². The van der Waals surface area contributed by atoms with Crippen molar-refractivity contribution in [1.29, 1.82) is 0 Å². The quantitative estimate of drug-likeness (QED) is 0.835. The van der Waals surface area contributed by atoms with Gasteiger partial charge in [-0.2, -0.15) is 0 Å². The Hall–Kier alpha value is -1.33. The summed E-state index contributed by atoms with van der Waals surface area (Å²) in [7, 11) is 0. The Labute approximate surface area is 126 Å². The zero-order valence-corrected chi connectivity index (χ0v) is 12.6. The average molecular weight is 341 g/mol. The van der Waals surface area contributed by atoms with Gasteiger partial charge in [0.05, 0.1) is 11.1 Å². The Morgan fingerprint density at radius 3 is 2.85 bits per heavy atom. The smallest absolute Gasteiger partial charge is 0.328 e. The van der Waals surface area contributed by atoms with Crippen LogP contribution >= 0.6 is 15.9 Å². The van der Waals surface area contributed by atoms with Crippen LogP contribution in [0.3, 0.4) is 0 Å². The van der Waals surface area contributed by atoms with Crippen LogP contribution in [0.4, 0.5) is 0 Å². The van der Waals surface area contributed by atoms with Gasteiger partial charge in [0.15, 0.2) is 0 Å². The van der Waals surface area contributed by atoms with Gasteiger partial charge >= 0.3 is 5.97 Å². The first-order valence-electron chi connectivity index (χ1n) is 6.56. The molecule has 1 saturated heterocycles. The molecule has 0 spiro atoms. The van der Waals surface area contributed by atoms with E-state index >= 15 is 0 Å². The normalized spacial score (nSPS) is 16.4. The predicted octanol–water partition coefficient (Wildman–Crippen LogP) is 3.35. The molecule has 4 nitrogen and oxygen atoms in total. The van der Waals surface area contributed by atoms with Gasteiger partial charge in [0.1, 0.15) is 5.75 Å². The number of carbonyl (C=O) groups is 1. The molecule has 108 valence electrons.